The second-order valence-electron chi connectivity index (χ2n) is 2.66. The van der Waals surface area contributed by atoms with Crippen molar-refractivity contribution in [2.45, 2.75) is 6.82 Å². The average Bonchev–Trinajstić information content (AvgIpc) is 2.17. The summed E-state index contributed by atoms with van der Waals surface area (Å²) in [6.45, 7) is 1.66. The van der Waals surface area contributed by atoms with Crippen LogP contribution in [0.15, 0.2) is 30.3 Å². The smallest absolute Gasteiger partial charge is 0.307 e. The highest BCUT2D eigenvalue weighted by molar-refractivity contribution is 6.97. The van der Waals surface area contributed by atoms with Gasteiger partial charge in [-0.2, -0.15) is 0 Å². The van der Waals surface area contributed by atoms with E-state index >= 15 is 0 Å². The second-order valence-corrected chi connectivity index (χ2v) is 2.66. The van der Waals surface area contributed by atoms with Crippen LogP contribution in [0.25, 0.3) is 0 Å². The molecule has 0 aliphatic heterocycles. The van der Waals surface area contributed by atoms with Crippen molar-refractivity contribution in [2.24, 2.45) is 0 Å². The lowest BCUT2D eigenvalue weighted by atomic mass is 9.47. The molecule has 0 bridgehead atoms. The lowest BCUT2D eigenvalue weighted by molar-refractivity contribution is 0.197. The van der Waals surface area contributed by atoms with E-state index in [1.54, 1.807) is 0 Å². The van der Waals surface area contributed by atoms with Gasteiger partial charge in [-0.3, -0.25) is 4.79 Å². The molecule has 0 heterocycles. The fraction of sp³-hybridized carbons (Fsp3) is 0.222. The molecule has 1 aromatic rings. The number of ether oxygens (including phenoxy) is 1. The Morgan fingerprint density at radius 2 is 1.92 bits per heavy atom. The predicted octanol–water partition coefficient (Wildman–Crippen LogP) is 1.37. The Morgan fingerprint density at radius 3 is 2.42 bits per heavy atom. The Kier molecular flexibility index (Phi) is 2.91. The minimum absolute atomic E-state index is 0.170. The van der Waals surface area contributed by atoms with E-state index in [0.29, 0.717) is 0 Å². The van der Waals surface area contributed by atoms with Crippen molar-refractivity contribution in [2.75, 3.05) is 7.11 Å². The van der Waals surface area contributed by atoms with Crippen LogP contribution in [-0.2, 0) is 4.74 Å². The minimum atomic E-state index is -0.193. The van der Waals surface area contributed by atoms with Crippen molar-refractivity contribution >= 4 is 18.0 Å². The van der Waals surface area contributed by atoms with E-state index in [0.717, 1.165) is 5.46 Å². The Morgan fingerprint density at radius 1 is 1.33 bits per heavy atom. The van der Waals surface area contributed by atoms with E-state index < -0.39 is 0 Å². The van der Waals surface area contributed by atoms with Gasteiger partial charge in [0.15, 0.2) is 0 Å². The van der Waals surface area contributed by atoms with Crippen LogP contribution in [0.3, 0.4) is 0 Å². The molecule has 2 nitrogen and oxygen atoms in total. The third kappa shape index (κ3) is 1.88. The van der Waals surface area contributed by atoms with Crippen LogP contribution in [0.1, 0.15) is 0 Å². The summed E-state index contributed by atoms with van der Waals surface area (Å²) >= 11 is 0. The summed E-state index contributed by atoms with van der Waals surface area (Å²) < 4.78 is 4.63. The zero-order chi connectivity index (χ0) is 8.97. The fourth-order valence-electron chi connectivity index (χ4n) is 1.05. The predicted molar refractivity (Wildman–Crippen MR) is 50.1 cm³/mol. The minimum Gasteiger partial charge on any atom is -0.477 e. The van der Waals surface area contributed by atoms with Gasteiger partial charge in [-0.1, -0.05) is 42.6 Å². The summed E-state index contributed by atoms with van der Waals surface area (Å²) in [6, 6.07) is 9.58. The van der Waals surface area contributed by atoms with Crippen molar-refractivity contribution in [1.29, 1.82) is 0 Å². The zero-order valence-electron chi connectivity index (χ0n) is 7.28. The van der Waals surface area contributed by atoms with E-state index in [-0.39, 0.29) is 12.6 Å². The Bertz CT molecular complexity index is 258. The molecule has 62 valence electrons. The molecule has 1 rings (SSSR count). The molecule has 0 saturated carbocycles. The first kappa shape index (κ1) is 8.85. The lowest BCUT2D eigenvalue weighted by Crippen LogP contribution is -2.35. The van der Waals surface area contributed by atoms with Crippen LogP contribution in [-0.4, -0.2) is 19.7 Å². The van der Waals surface area contributed by atoms with Crippen molar-refractivity contribution < 1.29 is 9.53 Å². The number of hydrogen-bond donors (Lipinski definition) is 0. The van der Waals surface area contributed by atoms with Crippen molar-refractivity contribution in [3.8, 4) is 0 Å². The van der Waals surface area contributed by atoms with Crippen LogP contribution >= 0.6 is 0 Å². The van der Waals surface area contributed by atoms with Crippen molar-refractivity contribution in [3.63, 3.8) is 0 Å². The summed E-state index contributed by atoms with van der Waals surface area (Å²) in [5.41, 5.74) is 0.990. The van der Waals surface area contributed by atoms with E-state index in [9.17, 15) is 4.79 Å². The first-order valence-electron chi connectivity index (χ1n) is 3.88. The van der Waals surface area contributed by atoms with Gasteiger partial charge in [-0.05, 0) is 0 Å². The molecular weight excluding hydrogens is 151 g/mol. The molecule has 12 heavy (non-hydrogen) atoms. The van der Waals surface area contributed by atoms with Gasteiger partial charge in [-0.15, -0.1) is 0 Å². The summed E-state index contributed by atoms with van der Waals surface area (Å²) in [5.74, 6) is -0.193. The first-order valence-corrected chi connectivity index (χ1v) is 3.88. The summed E-state index contributed by atoms with van der Waals surface area (Å²) in [5, 5.41) is 0. The summed E-state index contributed by atoms with van der Waals surface area (Å²) in [7, 11) is 1.40. The van der Waals surface area contributed by atoms with Gasteiger partial charge in [0.2, 0.25) is 0 Å². The van der Waals surface area contributed by atoms with Crippen LogP contribution in [0.2, 0.25) is 6.82 Å². The number of benzene rings is 1. The molecule has 0 radical (unpaired) electrons. The normalized spacial score (nSPS) is 9.17. The van der Waals surface area contributed by atoms with Gasteiger partial charge in [0.25, 0.3) is 5.87 Å². The lowest BCUT2D eigenvalue weighted by Gasteiger charge is -2.04. The number of carbonyl (C=O) groups is 1. The highest BCUT2D eigenvalue weighted by Gasteiger charge is 2.19. The Labute approximate surface area is 72.6 Å². The van der Waals surface area contributed by atoms with E-state index in [2.05, 4.69) is 4.74 Å². The molecule has 3 heteroatoms. The highest BCUT2D eigenvalue weighted by atomic mass is 16.5. The van der Waals surface area contributed by atoms with Gasteiger partial charge in [0.1, 0.15) is 0 Å². The summed E-state index contributed by atoms with van der Waals surface area (Å²) in [4.78, 5) is 11.1. The largest absolute Gasteiger partial charge is 0.477 e. The quantitative estimate of drug-likeness (QED) is 0.613. The fourth-order valence-corrected chi connectivity index (χ4v) is 1.05. The molecule has 0 atom stereocenters. The molecule has 0 saturated heterocycles. The second kappa shape index (κ2) is 3.95. The van der Waals surface area contributed by atoms with Crippen molar-refractivity contribution in [1.82, 2.24) is 0 Å². The molecule has 0 N–H and O–H groups in total. The van der Waals surface area contributed by atoms with Crippen LogP contribution in [0.5, 0.6) is 0 Å². The highest BCUT2D eigenvalue weighted by Crippen LogP contribution is 1.91. The van der Waals surface area contributed by atoms with E-state index in [1.807, 2.05) is 37.2 Å². The van der Waals surface area contributed by atoms with Gasteiger partial charge < -0.3 is 4.74 Å². The zero-order valence-corrected chi connectivity index (χ0v) is 7.28. The van der Waals surface area contributed by atoms with Gasteiger partial charge in [0.05, 0.1) is 7.11 Å². The third-order valence-corrected chi connectivity index (χ3v) is 1.85. The average molecular weight is 162 g/mol. The molecule has 1 aromatic carbocycles. The van der Waals surface area contributed by atoms with Crippen LogP contribution < -0.4 is 5.46 Å². The number of carbonyl (C=O) groups excluding carboxylic acids is 1. The standard InChI is InChI=1S/C9H11BO2/c1-10(9(11)12-2)8-6-4-3-5-7-8/h3-7H,1-2H3. The van der Waals surface area contributed by atoms with Crippen LogP contribution in [0, 0.1) is 0 Å². The topological polar surface area (TPSA) is 26.3 Å². The molecule has 0 fully saturated rings. The Balaban J connectivity index is 2.78. The molecule has 0 unspecified atom stereocenters. The van der Waals surface area contributed by atoms with E-state index in [1.165, 1.54) is 7.11 Å². The molecule has 0 spiro atoms. The molecule has 0 aliphatic rings. The molecule has 0 amide bonds. The monoisotopic (exact) mass is 162 g/mol. The van der Waals surface area contributed by atoms with Crippen molar-refractivity contribution in [3.05, 3.63) is 30.3 Å². The third-order valence-electron chi connectivity index (χ3n) is 1.85. The molecule has 0 aliphatic carbocycles. The van der Waals surface area contributed by atoms with Gasteiger partial charge in [0, 0.05) is 0 Å². The van der Waals surface area contributed by atoms with E-state index in [4.69, 9.17) is 0 Å². The molecule has 0 aromatic heterocycles. The number of rotatable bonds is 2. The Hall–Kier alpha value is -1.25. The first-order chi connectivity index (χ1) is 5.75. The van der Waals surface area contributed by atoms with Gasteiger partial charge >= 0.3 is 6.71 Å². The van der Waals surface area contributed by atoms with Crippen LogP contribution in [0.4, 0.5) is 4.79 Å². The SMILES string of the molecule is COC(=O)B(C)c1ccccc1. The molecular formula is C9H11BO2. The maximum absolute atomic E-state index is 11.1. The number of hydrogen-bond acceptors (Lipinski definition) is 2. The maximum Gasteiger partial charge on any atom is 0.307 e. The maximum atomic E-state index is 11.1. The summed E-state index contributed by atoms with van der Waals surface area (Å²) in [6.07, 6.45) is 0. The van der Waals surface area contributed by atoms with Gasteiger partial charge in [-0.25, -0.2) is 0 Å². The number of methoxy groups -OCH3 is 1.